The highest BCUT2D eigenvalue weighted by Gasteiger charge is 2.33. The molecule has 2 rings (SSSR count). The molecule has 0 aliphatic heterocycles. The van der Waals surface area contributed by atoms with Gasteiger partial charge in [0.15, 0.2) is 5.13 Å². The summed E-state index contributed by atoms with van der Waals surface area (Å²) in [6, 6.07) is 2.04. The van der Waals surface area contributed by atoms with E-state index in [1.807, 2.05) is 0 Å². The van der Waals surface area contributed by atoms with E-state index in [-0.39, 0.29) is 16.4 Å². The van der Waals surface area contributed by atoms with Crippen LogP contribution < -0.4 is 11.1 Å². The second-order valence-corrected chi connectivity index (χ2v) is 5.17. The summed E-state index contributed by atoms with van der Waals surface area (Å²) in [7, 11) is 0. The number of rotatable bonds is 3. The zero-order valence-electron chi connectivity index (χ0n) is 10.2. The van der Waals surface area contributed by atoms with Gasteiger partial charge in [0.1, 0.15) is 16.5 Å². The molecule has 0 bridgehead atoms. The molecule has 0 saturated heterocycles. The van der Waals surface area contributed by atoms with Crippen molar-refractivity contribution in [1.29, 1.82) is 0 Å². The van der Waals surface area contributed by atoms with Gasteiger partial charge >= 0.3 is 6.18 Å². The largest absolute Gasteiger partial charge is 0.433 e. The van der Waals surface area contributed by atoms with Gasteiger partial charge in [0, 0.05) is 5.38 Å². The van der Waals surface area contributed by atoms with Crippen molar-refractivity contribution in [2.24, 2.45) is 5.73 Å². The number of pyridine rings is 1. The molecule has 0 radical (unpaired) electrons. The Morgan fingerprint density at radius 2 is 2.05 bits per heavy atom. The van der Waals surface area contributed by atoms with E-state index >= 15 is 0 Å². The standard InChI is InChI=1S/C11H9F3N4S2/c1-5-4-20-10(16-5)18-9-6(8(15)19)2-3-7(17-9)11(12,13)14/h2-4H,1H3,(H2,15,19)(H,16,17,18). The molecule has 0 spiro atoms. The first kappa shape index (κ1) is 14.7. The summed E-state index contributed by atoms with van der Waals surface area (Å²) in [5.74, 6) is -0.0540. The summed E-state index contributed by atoms with van der Waals surface area (Å²) in [5.41, 5.74) is 5.45. The van der Waals surface area contributed by atoms with E-state index in [1.165, 1.54) is 17.4 Å². The van der Waals surface area contributed by atoms with Crippen LogP contribution in [0.5, 0.6) is 0 Å². The summed E-state index contributed by atoms with van der Waals surface area (Å²) in [4.78, 5) is 7.59. The number of aromatic nitrogens is 2. The first-order valence-electron chi connectivity index (χ1n) is 5.34. The molecule has 0 aromatic carbocycles. The van der Waals surface area contributed by atoms with E-state index in [0.717, 1.165) is 11.8 Å². The van der Waals surface area contributed by atoms with Crippen LogP contribution in [0.25, 0.3) is 0 Å². The normalized spacial score (nSPS) is 11.4. The number of thiazole rings is 1. The molecule has 0 atom stereocenters. The SMILES string of the molecule is Cc1csc(Nc2nc(C(F)(F)F)ccc2C(N)=S)n1. The van der Waals surface area contributed by atoms with Crippen LogP contribution >= 0.6 is 23.6 Å². The number of halogens is 3. The second kappa shape index (κ2) is 5.33. The van der Waals surface area contributed by atoms with Crippen LogP contribution in [0, 0.1) is 6.92 Å². The van der Waals surface area contributed by atoms with Gasteiger partial charge in [-0.1, -0.05) is 12.2 Å². The van der Waals surface area contributed by atoms with Crippen LogP contribution in [0.1, 0.15) is 17.0 Å². The Labute approximate surface area is 121 Å². The number of anilines is 2. The van der Waals surface area contributed by atoms with E-state index in [2.05, 4.69) is 15.3 Å². The highest BCUT2D eigenvalue weighted by molar-refractivity contribution is 7.80. The molecule has 9 heteroatoms. The fourth-order valence-electron chi connectivity index (χ4n) is 1.42. The van der Waals surface area contributed by atoms with E-state index in [4.69, 9.17) is 18.0 Å². The van der Waals surface area contributed by atoms with Crippen molar-refractivity contribution in [2.75, 3.05) is 5.32 Å². The van der Waals surface area contributed by atoms with Crippen molar-refractivity contribution < 1.29 is 13.2 Å². The number of nitrogens with zero attached hydrogens (tertiary/aromatic N) is 2. The first-order valence-corrected chi connectivity index (χ1v) is 6.63. The van der Waals surface area contributed by atoms with Crippen molar-refractivity contribution in [3.05, 3.63) is 34.5 Å². The smallest absolute Gasteiger partial charge is 0.389 e. The molecule has 2 heterocycles. The van der Waals surface area contributed by atoms with Crippen LogP contribution in [0.2, 0.25) is 0 Å². The monoisotopic (exact) mass is 318 g/mol. The maximum Gasteiger partial charge on any atom is 0.433 e. The minimum atomic E-state index is -4.54. The van der Waals surface area contributed by atoms with Crippen LogP contribution in [-0.4, -0.2) is 15.0 Å². The number of hydrogen-bond acceptors (Lipinski definition) is 5. The molecule has 106 valence electrons. The number of nitrogens with two attached hydrogens (primary N) is 1. The van der Waals surface area contributed by atoms with Gasteiger partial charge in [0.2, 0.25) is 0 Å². The zero-order valence-corrected chi connectivity index (χ0v) is 11.8. The average molecular weight is 318 g/mol. The second-order valence-electron chi connectivity index (χ2n) is 3.87. The molecule has 0 fully saturated rings. The third-order valence-electron chi connectivity index (χ3n) is 2.30. The molecule has 2 aromatic rings. The minimum absolute atomic E-state index is 0.0398. The van der Waals surface area contributed by atoms with Gasteiger partial charge in [-0.25, -0.2) is 9.97 Å². The number of thiocarbonyl (C=S) groups is 1. The summed E-state index contributed by atoms with van der Waals surface area (Å²) < 4.78 is 38.0. The third kappa shape index (κ3) is 3.23. The average Bonchev–Trinajstić information content (AvgIpc) is 2.73. The highest BCUT2D eigenvalue weighted by atomic mass is 32.1. The lowest BCUT2D eigenvalue weighted by atomic mass is 10.2. The molecular weight excluding hydrogens is 309 g/mol. The van der Waals surface area contributed by atoms with Gasteiger partial charge in [-0.15, -0.1) is 11.3 Å². The number of alkyl halides is 3. The predicted octanol–water partition coefficient (Wildman–Crippen LogP) is 3.24. The van der Waals surface area contributed by atoms with Crippen molar-refractivity contribution in [2.45, 2.75) is 13.1 Å². The molecule has 0 saturated carbocycles. The van der Waals surface area contributed by atoms with Gasteiger partial charge in [0.05, 0.1) is 11.3 Å². The summed E-state index contributed by atoms with van der Waals surface area (Å²) in [5, 5.41) is 4.90. The molecule has 0 amide bonds. The van der Waals surface area contributed by atoms with Crippen LogP contribution in [0.15, 0.2) is 17.5 Å². The van der Waals surface area contributed by atoms with Gasteiger partial charge < -0.3 is 11.1 Å². The Morgan fingerprint density at radius 3 is 2.55 bits per heavy atom. The quantitative estimate of drug-likeness (QED) is 0.851. The highest BCUT2D eigenvalue weighted by Crippen LogP contribution is 2.30. The maximum absolute atomic E-state index is 12.7. The zero-order chi connectivity index (χ0) is 14.9. The van der Waals surface area contributed by atoms with Gasteiger partial charge in [-0.05, 0) is 19.1 Å². The minimum Gasteiger partial charge on any atom is -0.389 e. The Morgan fingerprint density at radius 1 is 1.35 bits per heavy atom. The number of hydrogen-bond donors (Lipinski definition) is 2. The van der Waals surface area contributed by atoms with Gasteiger partial charge in [-0.2, -0.15) is 13.2 Å². The van der Waals surface area contributed by atoms with Crippen molar-refractivity contribution >= 4 is 39.5 Å². The van der Waals surface area contributed by atoms with E-state index < -0.39 is 11.9 Å². The predicted molar refractivity (Wildman–Crippen MR) is 75.3 cm³/mol. The molecule has 2 aromatic heterocycles. The Hall–Kier alpha value is -1.74. The lowest BCUT2D eigenvalue weighted by Crippen LogP contribution is -2.16. The molecule has 3 N–H and O–H groups in total. The Bertz CT molecular complexity index is 651. The van der Waals surface area contributed by atoms with E-state index in [1.54, 1.807) is 12.3 Å². The summed E-state index contributed by atoms with van der Waals surface area (Å²) in [6.07, 6.45) is -4.54. The maximum atomic E-state index is 12.7. The Kier molecular flexibility index (Phi) is 3.91. The number of nitrogens with one attached hydrogen (secondary N) is 1. The first-order chi connectivity index (χ1) is 9.27. The van der Waals surface area contributed by atoms with Crippen molar-refractivity contribution in [3.8, 4) is 0 Å². The molecular formula is C11H9F3N4S2. The summed E-state index contributed by atoms with van der Waals surface area (Å²) in [6.45, 7) is 1.77. The van der Waals surface area contributed by atoms with E-state index in [9.17, 15) is 13.2 Å². The molecule has 0 unspecified atom stereocenters. The van der Waals surface area contributed by atoms with Crippen molar-refractivity contribution in [3.63, 3.8) is 0 Å². The lowest BCUT2D eigenvalue weighted by Gasteiger charge is -2.12. The fraction of sp³-hybridized carbons (Fsp3) is 0.182. The van der Waals surface area contributed by atoms with Gasteiger partial charge in [0.25, 0.3) is 0 Å². The fourth-order valence-corrected chi connectivity index (χ4v) is 2.28. The molecule has 20 heavy (non-hydrogen) atoms. The van der Waals surface area contributed by atoms with Crippen LogP contribution in [0.3, 0.4) is 0 Å². The number of aryl methyl sites for hydroxylation is 1. The summed E-state index contributed by atoms with van der Waals surface area (Å²) >= 11 is 6.06. The van der Waals surface area contributed by atoms with E-state index in [0.29, 0.717) is 5.13 Å². The van der Waals surface area contributed by atoms with Gasteiger partial charge in [-0.3, -0.25) is 0 Å². The molecule has 0 aliphatic rings. The third-order valence-corrected chi connectivity index (χ3v) is 3.39. The topological polar surface area (TPSA) is 63.8 Å². The Balaban J connectivity index is 2.44. The van der Waals surface area contributed by atoms with Crippen molar-refractivity contribution in [1.82, 2.24) is 9.97 Å². The van der Waals surface area contributed by atoms with Crippen LogP contribution in [-0.2, 0) is 6.18 Å². The molecule has 0 aliphatic carbocycles. The lowest BCUT2D eigenvalue weighted by molar-refractivity contribution is -0.141. The molecule has 4 nitrogen and oxygen atoms in total. The van der Waals surface area contributed by atoms with Crippen LogP contribution in [0.4, 0.5) is 24.1 Å².